The average Bonchev–Trinajstić information content (AvgIpc) is 2.75. The van der Waals surface area contributed by atoms with Gasteiger partial charge in [0.15, 0.2) is 5.58 Å². The molecule has 0 aliphatic heterocycles. The van der Waals surface area contributed by atoms with Gasteiger partial charge in [0.1, 0.15) is 5.82 Å². The Morgan fingerprint density at radius 2 is 2.00 bits per heavy atom. The van der Waals surface area contributed by atoms with Crippen LogP contribution in [0.3, 0.4) is 0 Å². The number of rotatable bonds is 2. The lowest BCUT2D eigenvalue weighted by molar-refractivity contribution is 0.555. The highest BCUT2D eigenvalue weighted by molar-refractivity contribution is 6.22. The molecule has 3 rings (SSSR count). The van der Waals surface area contributed by atoms with Crippen molar-refractivity contribution in [3.05, 3.63) is 69.5 Å². The van der Waals surface area contributed by atoms with Gasteiger partial charge >= 0.3 is 5.76 Å². The molecule has 1 N–H and O–H groups in total. The number of aryl methyl sites for hydroxylation is 1. The number of oxazole rings is 1. The second kappa shape index (κ2) is 4.80. The van der Waals surface area contributed by atoms with Gasteiger partial charge in [-0.1, -0.05) is 12.1 Å². The van der Waals surface area contributed by atoms with Crippen molar-refractivity contribution in [1.82, 2.24) is 4.98 Å². The van der Waals surface area contributed by atoms with Gasteiger partial charge in [-0.15, -0.1) is 11.6 Å². The SMILES string of the molecule is Cc1cc(F)cc(C(Cl)c2ccc3[nH]c(=O)oc3c2)c1. The summed E-state index contributed by atoms with van der Waals surface area (Å²) >= 11 is 6.39. The van der Waals surface area contributed by atoms with E-state index < -0.39 is 11.1 Å². The van der Waals surface area contributed by atoms with Crippen LogP contribution in [0.1, 0.15) is 22.1 Å². The highest BCUT2D eigenvalue weighted by Gasteiger charge is 2.14. The molecule has 1 unspecified atom stereocenters. The monoisotopic (exact) mass is 291 g/mol. The van der Waals surface area contributed by atoms with Crippen LogP contribution in [0.25, 0.3) is 11.1 Å². The Hall–Kier alpha value is -2.07. The molecule has 102 valence electrons. The molecule has 5 heteroatoms. The van der Waals surface area contributed by atoms with E-state index >= 15 is 0 Å². The Morgan fingerprint density at radius 3 is 2.75 bits per heavy atom. The number of hydrogen-bond donors (Lipinski definition) is 1. The number of H-pyrrole nitrogens is 1. The summed E-state index contributed by atoms with van der Waals surface area (Å²) in [6, 6.07) is 9.87. The minimum absolute atomic E-state index is 0.320. The van der Waals surface area contributed by atoms with Crippen molar-refractivity contribution in [2.45, 2.75) is 12.3 Å². The molecule has 0 aliphatic carbocycles. The molecule has 0 radical (unpaired) electrons. The Labute approximate surface area is 119 Å². The molecule has 3 aromatic rings. The van der Waals surface area contributed by atoms with Crippen molar-refractivity contribution in [3.8, 4) is 0 Å². The lowest BCUT2D eigenvalue weighted by atomic mass is 10.0. The summed E-state index contributed by atoms with van der Waals surface area (Å²) in [5.41, 5.74) is 3.26. The van der Waals surface area contributed by atoms with Crippen LogP contribution >= 0.6 is 11.6 Å². The maximum absolute atomic E-state index is 13.4. The summed E-state index contributed by atoms with van der Waals surface area (Å²) in [6.45, 7) is 1.81. The van der Waals surface area contributed by atoms with Gasteiger partial charge in [0, 0.05) is 0 Å². The van der Waals surface area contributed by atoms with Crippen molar-refractivity contribution >= 4 is 22.7 Å². The molecule has 0 amide bonds. The molecule has 1 atom stereocenters. The number of alkyl halides is 1. The summed E-state index contributed by atoms with van der Waals surface area (Å²) in [7, 11) is 0. The third kappa shape index (κ3) is 2.34. The second-order valence-electron chi connectivity index (χ2n) is 4.69. The maximum Gasteiger partial charge on any atom is 0.417 e. The third-order valence-corrected chi connectivity index (χ3v) is 3.60. The van der Waals surface area contributed by atoms with Crippen LogP contribution in [0, 0.1) is 12.7 Å². The second-order valence-corrected chi connectivity index (χ2v) is 5.13. The van der Waals surface area contributed by atoms with Gasteiger partial charge in [0.2, 0.25) is 0 Å². The molecular formula is C15H11ClFNO2. The number of fused-ring (bicyclic) bond motifs is 1. The molecule has 0 fully saturated rings. The van der Waals surface area contributed by atoms with E-state index in [-0.39, 0.29) is 5.82 Å². The van der Waals surface area contributed by atoms with Gasteiger partial charge in [-0.2, -0.15) is 0 Å². The zero-order valence-corrected chi connectivity index (χ0v) is 11.4. The summed E-state index contributed by atoms with van der Waals surface area (Å²) in [4.78, 5) is 13.7. The van der Waals surface area contributed by atoms with E-state index in [1.54, 1.807) is 18.2 Å². The number of halogens is 2. The van der Waals surface area contributed by atoms with Gasteiger partial charge in [0.25, 0.3) is 0 Å². The lowest BCUT2D eigenvalue weighted by Crippen LogP contribution is -1.95. The minimum Gasteiger partial charge on any atom is -0.408 e. The fourth-order valence-electron chi connectivity index (χ4n) is 2.22. The van der Waals surface area contributed by atoms with Gasteiger partial charge < -0.3 is 4.42 Å². The van der Waals surface area contributed by atoms with Crippen LogP contribution in [0.2, 0.25) is 0 Å². The van der Waals surface area contributed by atoms with Gasteiger partial charge in [-0.05, 0) is 47.9 Å². The number of nitrogens with one attached hydrogen (secondary N) is 1. The first kappa shape index (κ1) is 12.9. The molecule has 0 bridgehead atoms. The van der Waals surface area contributed by atoms with Crippen LogP contribution in [0.15, 0.2) is 45.6 Å². The maximum atomic E-state index is 13.4. The number of benzene rings is 2. The van der Waals surface area contributed by atoms with Crippen molar-refractivity contribution in [2.75, 3.05) is 0 Å². The molecule has 0 saturated carbocycles. The molecule has 0 spiro atoms. The zero-order chi connectivity index (χ0) is 14.3. The average molecular weight is 292 g/mol. The Morgan fingerprint density at radius 1 is 1.20 bits per heavy atom. The first-order chi connectivity index (χ1) is 9.52. The normalized spacial score (nSPS) is 12.8. The number of hydrogen-bond acceptors (Lipinski definition) is 2. The Kier molecular flexibility index (Phi) is 3.10. The fraction of sp³-hybridized carbons (Fsp3) is 0.133. The highest BCUT2D eigenvalue weighted by atomic mass is 35.5. The molecule has 0 saturated heterocycles. The van der Waals surface area contributed by atoms with Crippen LogP contribution in [0.4, 0.5) is 4.39 Å². The van der Waals surface area contributed by atoms with E-state index in [9.17, 15) is 9.18 Å². The summed E-state index contributed by atoms with van der Waals surface area (Å²) < 4.78 is 18.4. The fourth-order valence-corrected chi connectivity index (χ4v) is 2.48. The van der Waals surface area contributed by atoms with Crippen LogP contribution < -0.4 is 5.76 Å². The molecule has 1 heterocycles. The summed E-state index contributed by atoms with van der Waals surface area (Å²) in [5, 5.41) is -0.506. The van der Waals surface area contributed by atoms with Gasteiger partial charge in [-0.25, -0.2) is 9.18 Å². The first-order valence-corrected chi connectivity index (χ1v) is 6.50. The Balaban J connectivity index is 2.06. The first-order valence-electron chi connectivity index (χ1n) is 6.07. The highest BCUT2D eigenvalue weighted by Crippen LogP contribution is 2.31. The van der Waals surface area contributed by atoms with Crippen LogP contribution in [-0.2, 0) is 0 Å². The summed E-state index contributed by atoms with van der Waals surface area (Å²) in [5.74, 6) is -0.829. The van der Waals surface area contributed by atoms with Crippen molar-refractivity contribution in [1.29, 1.82) is 0 Å². The summed E-state index contributed by atoms with van der Waals surface area (Å²) in [6.07, 6.45) is 0. The van der Waals surface area contributed by atoms with E-state index in [2.05, 4.69) is 4.98 Å². The molecular weight excluding hydrogens is 281 g/mol. The molecule has 0 aliphatic rings. The molecule has 1 aromatic heterocycles. The van der Waals surface area contributed by atoms with Crippen molar-refractivity contribution in [3.63, 3.8) is 0 Å². The number of aromatic amines is 1. The van der Waals surface area contributed by atoms with E-state index in [1.165, 1.54) is 12.1 Å². The smallest absolute Gasteiger partial charge is 0.408 e. The van der Waals surface area contributed by atoms with Crippen LogP contribution in [-0.4, -0.2) is 4.98 Å². The predicted octanol–water partition coefficient (Wildman–Crippen LogP) is 3.90. The quantitative estimate of drug-likeness (QED) is 0.728. The van der Waals surface area contributed by atoms with E-state index in [0.717, 1.165) is 11.1 Å². The Bertz CT molecular complexity index is 817. The molecule has 2 aromatic carbocycles. The van der Waals surface area contributed by atoms with Crippen LogP contribution in [0.5, 0.6) is 0 Å². The molecule has 20 heavy (non-hydrogen) atoms. The van der Waals surface area contributed by atoms with Crippen molar-refractivity contribution < 1.29 is 8.81 Å². The lowest BCUT2D eigenvalue weighted by Gasteiger charge is -2.11. The van der Waals surface area contributed by atoms with E-state index in [0.29, 0.717) is 16.7 Å². The predicted molar refractivity (Wildman–Crippen MR) is 75.7 cm³/mol. The standard InChI is InChI=1S/C15H11ClFNO2/c1-8-4-10(6-11(17)5-8)14(16)9-2-3-12-13(7-9)20-15(19)18-12/h2-7,14H,1H3,(H,18,19). The van der Waals surface area contributed by atoms with E-state index in [4.69, 9.17) is 16.0 Å². The topological polar surface area (TPSA) is 46.0 Å². The van der Waals surface area contributed by atoms with Crippen molar-refractivity contribution in [2.24, 2.45) is 0 Å². The third-order valence-electron chi connectivity index (χ3n) is 3.09. The van der Waals surface area contributed by atoms with Gasteiger partial charge in [-0.3, -0.25) is 4.98 Å². The zero-order valence-electron chi connectivity index (χ0n) is 10.6. The number of aromatic nitrogens is 1. The van der Waals surface area contributed by atoms with E-state index in [1.807, 2.05) is 13.0 Å². The molecule has 3 nitrogen and oxygen atoms in total. The van der Waals surface area contributed by atoms with Gasteiger partial charge in [0.05, 0.1) is 10.9 Å². The largest absolute Gasteiger partial charge is 0.417 e. The minimum atomic E-state index is -0.509.